The Hall–Kier alpha value is -4.33. The number of unbranched alkanes of at least 4 members (excludes halogenated alkanes) is 5. The number of carbonyl (C=O) groups is 1. The number of rotatable bonds is 12. The molecule has 0 saturated heterocycles. The molecule has 0 radical (unpaired) electrons. The van der Waals surface area contributed by atoms with Gasteiger partial charge in [0.2, 0.25) is 0 Å². The smallest absolute Gasteiger partial charge is 0.280 e. The van der Waals surface area contributed by atoms with Gasteiger partial charge in [-0.25, -0.2) is 4.98 Å². The van der Waals surface area contributed by atoms with Gasteiger partial charge in [-0.1, -0.05) is 67.3 Å². The lowest BCUT2D eigenvalue weighted by Crippen LogP contribution is -2.13. The van der Waals surface area contributed by atoms with Gasteiger partial charge in [0.05, 0.1) is 12.1 Å². The second-order valence-corrected chi connectivity index (χ2v) is 9.03. The van der Waals surface area contributed by atoms with Gasteiger partial charge < -0.3 is 4.74 Å². The van der Waals surface area contributed by atoms with Crippen LogP contribution in [0.25, 0.3) is 22.2 Å². The van der Waals surface area contributed by atoms with Crippen molar-refractivity contribution in [3.8, 4) is 16.9 Å². The molecule has 0 aliphatic rings. The maximum atomic E-state index is 12.9. The van der Waals surface area contributed by atoms with Crippen LogP contribution in [0.3, 0.4) is 0 Å². The fourth-order valence-corrected chi connectivity index (χ4v) is 4.31. The second-order valence-electron chi connectivity index (χ2n) is 9.03. The molecule has 2 aromatic heterocycles. The van der Waals surface area contributed by atoms with Gasteiger partial charge >= 0.3 is 0 Å². The maximum Gasteiger partial charge on any atom is 0.280 e. The van der Waals surface area contributed by atoms with Gasteiger partial charge in [0.1, 0.15) is 23.9 Å². The molecule has 0 fully saturated rings. The Morgan fingerprint density at radius 2 is 1.49 bits per heavy atom. The van der Waals surface area contributed by atoms with Gasteiger partial charge in [-0.05, 0) is 60.4 Å². The Morgan fingerprint density at radius 3 is 2.24 bits per heavy atom. The molecule has 0 spiro atoms. The average molecular weight is 495 g/mol. The van der Waals surface area contributed by atoms with E-state index in [1.807, 2.05) is 77.5 Å². The second kappa shape index (κ2) is 12.1. The molecule has 2 heterocycles. The van der Waals surface area contributed by atoms with Crippen molar-refractivity contribution >= 4 is 16.9 Å². The third-order valence-corrected chi connectivity index (χ3v) is 6.38. The van der Waals surface area contributed by atoms with Crippen LogP contribution in [-0.2, 0) is 6.54 Å². The molecular formula is C29H30N6O2. The molecule has 0 bridgehead atoms. The average Bonchev–Trinajstić information content (AvgIpc) is 3.62. The van der Waals surface area contributed by atoms with Gasteiger partial charge in [0, 0.05) is 12.1 Å². The molecule has 188 valence electrons. The highest BCUT2D eigenvalue weighted by molar-refractivity contribution is 6.00. The minimum absolute atomic E-state index is 0.198. The lowest BCUT2D eigenvalue weighted by Gasteiger charge is -2.08. The molecule has 8 nitrogen and oxygen atoms in total. The standard InChI is InChI=1S/C29H30N6O2/c36-29(35-28-10-6-5-9-27(28)32-33-35)25-13-11-23(12-14-25)24-15-17-26(18-16-24)37-20-8-4-2-1-3-7-19-34-22-30-21-31-34/h5-6,9-18,21-22H,1-4,7-8,19-20H2. The van der Waals surface area contributed by atoms with E-state index in [2.05, 4.69) is 20.4 Å². The minimum atomic E-state index is -0.198. The van der Waals surface area contributed by atoms with Gasteiger partial charge in [-0.3, -0.25) is 9.48 Å². The molecule has 0 N–H and O–H groups in total. The van der Waals surface area contributed by atoms with Crippen LogP contribution in [-0.4, -0.2) is 42.3 Å². The van der Waals surface area contributed by atoms with Crippen molar-refractivity contribution in [2.24, 2.45) is 0 Å². The van der Waals surface area contributed by atoms with Crippen LogP contribution in [0, 0.1) is 0 Å². The van der Waals surface area contributed by atoms with E-state index in [1.54, 1.807) is 12.7 Å². The van der Waals surface area contributed by atoms with Crippen molar-refractivity contribution in [3.63, 3.8) is 0 Å². The topological polar surface area (TPSA) is 87.7 Å². The summed E-state index contributed by atoms with van der Waals surface area (Å²) in [5.74, 6) is 0.678. The predicted octanol–water partition coefficient (Wildman–Crippen LogP) is 5.80. The zero-order chi connectivity index (χ0) is 25.3. The number of para-hydroxylation sites is 1. The Morgan fingerprint density at radius 1 is 0.784 bits per heavy atom. The summed E-state index contributed by atoms with van der Waals surface area (Å²) in [7, 11) is 0. The Labute approximate surface area is 215 Å². The fraction of sp³-hybridized carbons (Fsp3) is 0.276. The molecule has 8 heteroatoms. The molecule has 0 aliphatic carbocycles. The van der Waals surface area contributed by atoms with Crippen LogP contribution < -0.4 is 4.74 Å². The minimum Gasteiger partial charge on any atom is -0.494 e. The van der Waals surface area contributed by atoms with Gasteiger partial charge in [-0.2, -0.15) is 9.78 Å². The molecule has 0 atom stereocenters. The van der Waals surface area contributed by atoms with E-state index in [-0.39, 0.29) is 5.91 Å². The highest BCUT2D eigenvalue weighted by Gasteiger charge is 2.14. The summed E-state index contributed by atoms with van der Waals surface area (Å²) in [6, 6.07) is 23.1. The van der Waals surface area contributed by atoms with E-state index in [0.717, 1.165) is 42.9 Å². The number of benzene rings is 3. The number of hydrogen-bond acceptors (Lipinski definition) is 6. The van der Waals surface area contributed by atoms with Crippen molar-refractivity contribution in [1.29, 1.82) is 0 Å². The first-order chi connectivity index (χ1) is 18.3. The summed E-state index contributed by atoms with van der Waals surface area (Å²) in [6.07, 6.45) is 10.4. The monoisotopic (exact) mass is 494 g/mol. The summed E-state index contributed by atoms with van der Waals surface area (Å²) in [4.78, 5) is 16.9. The molecule has 5 rings (SSSR count). The highest BCUT2D eigenvalue weighted by Crippen LogP contribution is 2.24. The van der Waals surface area contributed by atoms with Crippen molar-refractivity contribution in [1.82, 2.24) is 29.8 Å². The summed E-state index contributed by atoms with van der Waals surface area (Å²) < 4.78 is 9.15. The van der Waals surface area contributed by atoms with Crippen molar-refractivity contribution in [2.45, 2.75) is 45.1 Å². The number of ether oxygens (including phenoxy) is 1. The van der Waals surface area contributed by atoms with Gasteiger partial charge in [-0.15, -0.1) is 5.10 Å². The molecule has 0 unspecified atom stereocenters. The number of fused-ring (bicyclic) bond motifs is 1. The fourth-order valence-electron chi connectivity index (χ4n) is 4.31. The maximum absolute atomic E-state index is 12.9. The number of hydrogen-bond donors (Lipinski definition) is 0. The van der Waals surface area contributed by atoms with Crippen LogP contribution in [0.15, 0.2) is 85.5 Å². The van der Waals surface area contributed by atoms with Crippen LogP contribution in [0.1, 0.15) is 48.9 Å². The lowest BCUT2D eigenvalue weighted by molar-refractivity contribution is 0.0948. The first kappa shape index (κ1) is 24.4. The van der Waals surface area contributed by atoms with Crippen LogP contribution in [0.5, 0.6) is 5.75 Å². The quantitative estimate of drug-likeness (QED) is 0.204. The molecular weight excluding hydrogens is 464 g/mol. The molecule has 0 saturated carbocycles. The Balaban J connectivity index is 1.04. The first-order valence-electron chi connectivity index (χ1n) is 12.8. The van der Waals surface area contributed by atoms with Gasteiger partial charge in [0.15, 0.2) is 0 Å². The highest BCUT2D eigenvalue weighted by atomic mass is 16.5. The normalized spacial score (nSPS) is 11.1. The van der Waals surface area contributed by atoms with E-state index in [0.29, 0.717) is 16.6 Å². The molecule has 3 aromatic carbocycles. The number of aromatic nitrogens is 6. The van der Waals surface area contributed by atoms with Crippen molar-refractivity contribution < 1.29 is 9.53 Å². The Bertz CT molecular complexity index is 1410. The third kappa shape index (κ3) is 6.27. The molecule has 37 heavy (non-hydrogen) atoms. The first-order valence-corrected chi connectivity index (χ1v) is 12.8. The Kier molecular flexibility index (Phi) is 7.95. The summed E-state index contributed by atoms with van der Waals surface area (Å²) in [5, 5.41) is 12.2. The summed E-state index contributed by atoms with van der Waals surface area (Å²) >= 11 is 0. The summed E-state index contributed by atoms with van der Waals surface area (Å²) in [6.45, 7) is 1.67. The van der Waals surface area contributed by atoms with Crippen molar-refractivity contribution in [2.75, 3.05) is 6.61 Å². The largest absolute Gasteiger partial charge is 0.494 e. The number of carbonyl (C=O) groups excluding carboxylic acids is 1. The van der Waals surface area contributed by atoms with E-state index < -0.39 is 0 Å². The van der Waals surface area contributed by atoms with E-state index in [9.17, 15) is 4.79 Å². The number of aryl methyl sites for hydroxylation is 1. The van der Waals surface area contributed by atoms with Gasteiger partial charge in [0.25, 0.3) is 5.91 Å². The predicted molar refractivity (Wildman–Crippen MR) is 142 cm³/mol. The zero-order valence-corrected chi connectivity index (χ0v) is 20.7. The van der Waals surface area contributed by atoms with Crippen LogP contribution >= 0.6 is 0 Å². The van der Waals surface area contributed by atoms with Crippen molar-refractivity contribution in [3.05, 3.63) is 91.0 Å². The lowest BCUT2D eigenvalue weighted by atomic mass is 10.0. The summed E-state index contributed by atoms with van der Waals surface area (Å²) in [5.41, 5.74) is 4.07. The van der Waals surface area contributed by atoms with E-state index in [4.69, 9.17) is 4.74 Å². The third-order valence-electron chi connectivity index (χ3n) is 6.38. The molecule has 0 aliphatic heterocycles. The van der Waals surface area contributed by atoms with E-state index in [1.165, 1.54) is 30.4 Å². The molecule has 5 aromatic rings. The van der Waals surface area contributed by atoms with Crippen LogP contribution in [0.2, 0.25) is 0 Å². The SMILES string of the molecule is O=C(c1ccc(-c2ccc(OCCCCCCCCn3cncn3)cc2)cc1)n1nnc2ccccc21. The molecule has 0 amide bonds. The zero-order valence-electron chi connectivity index (χ0n) is 20.7. The number of nitrogens with zero attached hydrogens (tertiary/aromatic N) is 6. The van der Waals surface area contributed by atoms with E-state index >= 15 is 0 Å². The van der Waals surface area contributed by atoms with Crippen LogP contribution in [0.4, 0.5) is 0 Å².